The molecular formula is C18H21N3O2. The number of urea groups is 1. The third-order valence-electron chi connectivity index (χ3n) is 3.52. The number of amides is 3. The van der Waals surface area contributed by atoms with Crippen molar-refractivity contribution in [1.82, 2.24) is 5.32 Å². The number of nitrogens with one attached hydrogen (secondary N) is 2. The minimum Gasteiger partial charge on any atom is -0.368 e. The minimum atomic E-state index is -0.758. The van der Waals surface area contributed by atoms with Gasteiger partial charge in [0.1, 0.15) is 6.04 Å². The second-order valence-electron chi connectivity index (χ2n) is 5.30. The molecular weight excluding hydrogens is 290 g/mol. The minimum absolute atomic E-state index is 0.360. The number of primary amides is 1. The van der Waals surface area contributed by atoms with Gasteiger partial charge in [-0.15, -0.1) is 0 Å². The van der Waals surface area contributed by atoms with Gasteiger partial charge >= 0.3 is 6.03 Å². The normalized spacial score (nSPS) is 11.5. The smallest absolute Gasteiger partial charge is 0.319 e. The highest BCUT2D eigenvalue weighted by molar-refractivity contribution is 5.93. The summed E-state index contributed by atoms with van der Waals surface area (Å²) >= 11 is 0. The monoisotopic (exact) mass is 311 g/mol. The van der Waals surface area contributed by atoms with E-state index in [-0.39, 0.29) is 0 Å². The Balaban J connectivity index is 1.99. The summed E-state index contributed by atoms with van der Waals surface area (Å²) in [6, 6.07) is 15.8. The van der Waals surface area contributed by atoms with Crippen molar-refractivity contribution < 1.29 is 9.59 Å². The Bertz CT molecular complexity index is 671. The van der Waals surface area contributed by atoms with E-state index in [0.717, 1.165) is 17.5 Å². The van der Waals surface area contributed by atoms with Crippen molar-refractivity contribution in [3.63, 3.8) is 0 Å². The van der Waals surface area contributed by atoms with E-state index in [1.54, 1.807) is 6.07 Å². The van der Waals surface area contributed by atoms with Crippen molar-refractivity contribution in [3.05, 3.63) is 65.7 Å². The molecule has 0 heterocycles. The molecule has 120 valence electrons. The summed E-state index contributed by atoms with van der Waals surface area (Å²) < 4.78 is 0. The van der Waals surface area contributed by atoms with Crippen molar-refractivity contribution in [1.29, 1.82) is 0 Å². The van der Waals surface area contributed by atoms with Crippen LogP contribution >= 0.6 is 0 Å². The lowest BCUT2D eigenvalue weighted by molar-refractivity contribution is -0.119. The zero-order chi connectivity index (χ0) is 16.7. The number of benzene rings is 2. The second-order valence-corrected chi connectivity index (χ2v) is 5.30. The fourth-order valence-corrected chi connectivity index (χ4v) is 2.27. The molecule has 0 radical (unpaired) electrons. The van der Waals surface area contributed by atoms with Gasteiger partial charge in [0.2, 0.25) is 5.91 Å². The molecule has 2 rings (SSSR count). The van der Waals surface area contributed by atoms with E-state index in [1.807, 2.05) is 55.5 Å². The number of hydrogen-bond acceptors (Lipinski definition) is 2. The molecule has 0 aliphatic carbocycles. The van der Waals surface area contributed by atoms with E-state index < -0.39 is 18.0 Å². The third-order valence-corrected chi connectivity index (χ3v) is 3.52. The van der Waals surface area contributed by atoms with Crippen LogP contribution in [-0.2, 0) is 17.6 Å². The summed E-state index contributed by atoms with van der Waals surface area (Å²) in [5, 5.41) is 5.36. The Hall–Kier alpha value is -2.82. The number of carbonyl (C=O) groups excluding carboxylic acids is 2. The van der Waals surface area contributed by atoms with Crippen LogP contribution < -0.4 is 16.4 Å². The van der Waals surface area contributed by atoms with Crippen molar-refractivity contribution in [2.75, 3.05) is 5.32 Å². The number of carbonyl (C=O) groups is 2. The van der Waals surface area contributed by atoms with E-state index >= 15 is 0 Å². The van der Waals surface area contributed by atoms with E-state index in [4.69, 9.17) is 5.73 Å². The fraction of sp³-hybridized carbons (Fsp3) is 0.222. The first-order chi connectivity index (χ1) is 11.1. The quantitative estimate of drug-likeness (QED) is 0.765. The van der Waals surface area contributed by atoms with Gasteiger partial charge in [0.05, 0.1) is 0 Å². The Kier molecular flexibility index (Phi) is 5.74. The van der Waals surface area contributed by atoms with Crippen molar-refractivity contribution in [2.45, 2.75) is 25.8 Å². The molecule has 0 saturated carbocycles. The maximum atomic E-state index is 12.1. The number of hydrogen-bond donors (Lipinski definition) is 3. The Morgan fingerprint density at radius 1 is 1.04 bits per heavy atom. The van der Waals surface area contributed by atoms with Gasteiger partial charge in [-0.1, -0.05) is 49.4 Å². The standard InChI is InChI=1S/C18H21N3O2/c1-2-13-9-6-10-15(11-13)20-18(23)21-16(17(19)22)12-14-7-4-3-5-8-14/h3-11,16H,2,12H2,1H3,(H2,19,22)(H2,20,21,23). The molecule has 3 amide bonds. The average Bonchev–Trinajstić information content (AvgIpc) is 2.55. The first kappa shape index (κ1) is 16.5. The second kappa shape index (κ2) is 7.98. The van der Waals surface area contributed by atoms with E-state index in [2.05, 4.69) is 10.6 Å². The SMILES string of the molecule is CCc1cccc(NC(=O)NC(Cc2ccccc2)C(N)=O)c1. The first-order valence-electron chi connectivity index (χ1n) is 7.58. The summed E-state index contributed by atoms with van der Waals surface area (Å²) in [5.41, 5.74) is 8.13. The zero-order valence-corrected chi connectivity index (χ0v) is 13.1. The first-order valence-corrected chi connectivity index (χ1v) is 7.58. The molecule has 0 aromatic heterocycles. The van der Waals surface area contributed by atoms with Gasteiger partial charge < -0.3 is 16.4 Å². The highest BCUT2D eigenvalue weighted by atomic mass is 16.2. The molecule has 5 nitrogen and oxygen atoms in total. The molecule has 5 heteroatoms. The van der Waals surface area contributed by atoms with Gasteiger partial charge in [0.15, 0.2) is 0 Å². The molecule has 1 atom stereocenters. The highest BCUT2D eigenvalue weighted by Crippen LogP contribution is 2.11. The van der Waals surface area contributed by atoms with Crippen molar-refractivity contribution >= 4 is 17.6 Å². The van der Waals surface area contributed by atoms with Gasteiger partial charge in [-0.05, 0) is 29.7 Å². The van der Waals surface area contributed by atoms with Crippen LogP contribution in [0.25, 0.3) is 0 Å². The summed E-state index contributed by atoms with van der Waals surface area (Å²) in [5.74, 6) is -0.564. The maximum absolute atomic E-state index is 12.1. The Labute approximate surface area is 135 Å². The van der Waals surface area contributed by atoms with Crippen molar-refractivity contribution in [3.8, 4) is 0 Å². The molecule has 4 N–H and O–H groups in total. The number of anilines is 1. The maximum Gasteiger partial charge on any atom is 0.319 e. The zero-order valence-electron chi connectivity index (χ0n) is 13.1. The molecule has 0 saturated heterocycles. The van der Waals surface area contributed by atoms with Crippen LogP contribution in [0.2, 0.25) is 0 Å². The number of aryl methyl sites for hydroxylation is 1. The van der Waals surface area contributed by atoms with Gasteiger partial charge in [0, 0.05) is 12.1 Å². The van der Waals surface area contributed by atoms with Crippen LogP contribution in [-0.4, -0.2) is 18.0 Å². The predicted molar refractivity (Wildman–Crippen MR) is 91.1 cm³/mol. The largest absolute Gasteiger partial charge is 0.368 e. The van der Waals surface area contributed by atoms with Crippen LogP contribution in [0.1, 0.15) is 18.1 Å². The number of rotatable bonds is 6. The highest BCUT2D eigenvalue weighted by Gasteiger charge is 2.18. The summed E-state index contributed by atoms with van der Waals surface area (Å²) in [7, 11) is 0. The third kappa shape index (κ3) is 5.14. The molecule has 2 aromatic rings. The Morgan fingerprint density at radius 3 is 2.39 bits per heavy atom. The lowest BCUT2D eigenvalue weighted by atomic mass is 10.1. The molecule has 2 aromatic carbocycles. The lowest BCUT2D eigenvalue weighted by Gasteiger charge is -2.16. The number of nitrogens with two attached hydrogens (primary N) is 1. The van der Waals surface area contributed by atoms with Crippen LogP contribution in [0.15, 0.2) is 54.6 Å². The van der Waals surface area contributed by atoms with Crippen LogP contribution in [0.5, 0.6) is 0 Å². The van der Waals surface area contributed by atoms with E-state index in [0.29, 0.717) is 12.1 Å². The fourth-order valence-electron chi connectivity index (χ4n) is 2.27. The van der Waals surface area contributed by atoms with Crippen LogP contribution in [0.4, 0.5) is 10.5 Å². The molecule has 23 heavy (non-hydrogen) atoms. The van der Waals surface area contributed by atoms with Gasteiger partial charge in [-0.3, -0.25) is 4.79 Å². The van der Waals surface area contributed by atoms with Gasteiger partial charge in [-0.2, -0.15) is 0 Å². The molecule has 0 fully saturated rings. The van der Waals surface area contributed by atoms with Crippen LogP contribution in [0.3, 0.4) is 0 Å². The van der Waals surface area contributed by atoms with Crippen LogP contribution in [0, 0.1) is 0 Å². The summed E-state index contributed by atoms with van der Waals surface area (Å²) in [6.45, 7) is 2.04. The molecule has 1 unspecified atom stereocenters. The topological polar surface area (TPSA) is 84.2 Å². The molecule has 0 bridgehead atoms. The van der Waals surface area contributed by atoms with E-state index in [9.17, 15) is 9.59 Å². The van der Waals surface area contributed by atoms with Gasteiger partial charge in [-0.25, -0.2) is 4.79 Å². The average molecular weight is 311 g/mol. The predicted octanol–water partition coefficient (Wildman–Crippen LogP) is 2.47. The summed E-state index contributed by atoms with van der Waals surface area (Å²) in [4.78, 5) is 23.7. The van der Waals surface area contributed by atoms with E-state index in [1.165, 1.54) is 0 Å². The lowest BCUT2D eigenvalue weighted by Crippen LogP contribution is -2.47. The summed E-state index contributed by atoms with van der Waals surface area (Å²) in [6.07, 6.45) is 1.24. The molecule has 0 aliphatic heterocycles. The van der Waals surface area contributed by atoms with Gasteiger partial charge in [0.25, 0.3) is 0 Å². The molecule has 0 spiro atoms. The van der Waals surface area contributed by atoms with Crippen molar-refractivity contribution in [2.24, 2.45) is 5.73 Å². The Morgan fingerprint density at radius 2 is 1.74 bits per heavy atom. The molecule has 0 aliphatic rings.